The van der Waals surface area contributed by atoms with Gasteiger partial charge in [0, 0.05) is 24.1 Å². The minimum Gasteiger partial charge on any atom is -1.00 e. The van der Waals surface area contributed by atoms with Gasteiger partial charge in [-0.1, -0.05) is 56.2 Å². The van der Waals surface area contributed by atoms with Gasteiger partial charge in [0.15, 0.2) is 18.2 Å². The number of rotatable bonds is 8. The summed E-state index contributed by atoms with van der Waals surface area (Å²) in [5.41, 5.74) is 1.77. The molecule has 122 valence electrons. The molecule has 1 heterocycles. The number of aromatic nitrogens is 1. The SMILES string of the molecule is CCCCCC[n+]1ccc(/C=C/C(=O)c2ccccc2)cc1.[Br-]. The lowest BCUT2D eigenvalue weighted by Crippen LogP contribution is -3.00. The lowest BCUT2D eigenvalue weighted by molar-refractivity contribution is -0.697. The Kier molecular flexibility index (Phi) is 9.15. The summed E-state index contributed by atoms with van der Waals surface area (Å²) in [6, 6.07) is 13.4. The number of ketones is 1. The van der Waals surface area contributed by atoms with Crippen molar-refractivity contribution < 1.29 is 26.3 Å². The van der Waals surface area contributed by atoms with Crippen LogP contribution in [0.1, 0.15) is 48.5 Å². The lowest BCUT2D eigenvalue weighted by Gasteiger charge is -1.98. The monoisotopic (exact) mass is 373 g/mol. The van der Waals surface area contributed by atoms with E-state index in [0.717, 1.165) is 17.7 Å². The highest BCUT2D eigenvalue weighted by molar-refractivity contribution is 6.06. The summed E-state index contributed by atoms with van der Waals surface area (Å²) in [7, 11) is 0. The zero-order chi connectivity index (χ0) is 15.6. The summed E-state index contributed by atoms with van der Waals surface area (Å²) in [4.78, 5) is 12.0. The normalized spacial score (nSPS) is 10.5. The van der Waals surface area contributed by atoms with Crippen LogP contribution in [0.25, 0.3) is 6.08 Å². The van der Waals surface area contributed by atoms with E-state index in [1.807, 2.05) is 36.4 Å². The second-order valence-electron chi connectivity index (χ2n) is 5.49. The molecule has 1 aromatic carbocycles. The molecule has 0 atom stereocenters. The van der Waals surface area contributed by atoms with E-state index < -0.39 is 0 Å². The third kappa shape index (κ3) is 6.91. The fourth-order valence-corrected chi connectivity index (χ4v) is 2.32. The summed E-state index contributed by atoms with van der Waals surface area (Å²) in [5, 5.41) is 0. The van der Waals surface area contributed by atoms with E-state index in [-0.39, 0.29) is 22.8 Å². The Labute approximate surface area is 149 Å². The number of allylic oxidation sites excluding steroid dienone is 1. The van der Waals surface area contributed by atoms with E-state index >= 15 is 0 Å². The number of carbonyl (C=O) groups is 1. The van der Waals surface area contributed by atoms with Crippen LogP contribution < -0.4 is 21.5 Å². The Bertz CT molecular complexity index is 605. The maximum absolute atomic E-state index is 12.0. The molecule has 0 N–H and O–H groups in total. The number of unbranched alkanes of at least 4 members (excludes halogenated alkanes) is 3. The first-order valence-electron chi connectivity index (χ1n) is 8.06. The first-order chi connectivity index (χ1) is 10.8. The van der Waals surface area contributed by atoms with E-state index in [1.165, 1.54) is 25.7 Å². The topological polar surface area (TPSA) is 20.9 Å². The van der Waals surface area contributed by atoms with Gasteiger partial charge in [-0.15, -0.1) is 0 Å². The zero-order valence-corrected chi connectivity index (χ0v) is 15.2. The molecule has 2 aromatic rings. The van der Waals surface area contributed by atoms with E-state index in [0.29, 0.717) is 0 Å². The average molecular weight is 374 g/mol. The van der Waals surface area contributed by atoms with Crippen molar-refractivity contribution in [1.82, 2.24) is 0 Å². The molecule has 0 amide bonds. The molecule has 23 heavy (non-hydrogen) atoms. The standard InChI is InChI=1S/C20H24NO.BrH/c1-2-3-4-8-15-21-16-13-18(14-17-21)11-12-20(22)19-9-6-5-7-10-19;/h5-7,9-14,16-17H,2-4,8,15H2,1H3;1H/q+1;/p-1/b12-11+;. The molecule has 0 aliphatic rings. The number of hydrogen-bond acceptors (Lipinski definition) is 1. The molecule has 2 nitrogen and oxygen atoms in total. The number of pyridine rings is 1. The molecule has 3 heteroatoms. The van der Waals surface area contributed by atoms with Gasteiger partial charge in [-0.3, -0.25) is 4.79 Å². The number of benzene rings is 1. The predicted octanol–water partition coefficient (Wildman–Crippen LogP) is 1.45. The first kappa shape index (κ1) is 19.3. The number of carbonyl (C=O) groups excluding carboxylic acids is 1. The molecule has 0 fully saturated rings. The molecule has 2 rings (SSSR count). The molecule has 0 saturated carbocycles. The highest BCUT2D eigenvalue weighted by atomic mass is 79.9. The molecule has 0 bridgehead atoms. The second-order valence-corrected chi connectivity index (χ2v) is 5.49. The highest BCUT2D eigenvalue weighted by Gasteiger charge is 2.01. The number of nitrogens with zero attached hydrogens (tertiary/aromatic N) is 1. The molecular weight excluding hydrogens is 350 g/mol. The summed E-state index contributed by atoms with van der Waals surface area (Å²) in [6.07, 6.45) is 12.8. The van der Waals surface area contributed by atoms with Crippen LogP contribution in [-0.4, -0.2) is 5.78 Å². The molecule has 0 spiro atoms. The average Bonchev–Trinajstić information content (AvgIpc) is 2.58. The Morgan fingerprint density at radius 2 is 1.70 bits per heavy atom. The number of aryl methyl sites for hydroxylation is 1. The number of hydrogen-bond donors (Lipinski definition) is 0. The van der Waals surface area contributed by atoms with Crippen LogP contribution in [0.4, 0.5) is 0 Å². The molecule has 0 unspecified atom stereocenters. The van der Waals surface area contributed by atoms with Gasteiger partial charge in [-0.25, -0.2) is 4.57 Å². The van der Waals surface area contributed by atoms with Crippen molar-refractivity contribution in [2.45, 2.75) is 39.2 Å². The zero-order valence-electron chi connectivity index (χ0n) is 13.6. The highest BCUT2D eigenvalue weighted by Crippen LogP contribution is 2.05. The van der Waals surface area contributed by atoms with Gasteiger partial charge in [0.1, 0.15) is 6.54 Å². The first-order valence-corrected chi connectivity index (χ1v) is 8.06. The molecule has 0 radical (unpaired) electrons. The fourth-order valence-electron chi connectivity index (χ4n) is 2.32. The Hall–Kier alpha value is -1.74. The quantitative estimate of drug-likeness (QED) is 0.297. The molecule has 0 aliphatic carbocycles. The third-order valence-electron chi connectivity index (χ3n) is 3.67. The summed E-state index contributed by atoms with van der Waals surface area (Å²) in [6.45, 7) is 3.29. The van der Waals surface area contributed by atoms with Crippen molar-refractivity contribution >= 4 is 11.9 Å². The van der Waals surface area contributed by atoms with E-state index in [9.17, 15) is 4.79 Å². The van der Waals surface area contributed by atoms with Crippen LogP contribution in [-0.2, 0) is 6.54 Å². The van der Waals surface area contributed by atoms with Gasteiger partial charge in [-0.2, -0.15) is 0 Å². The van der Waals surface area contributed by atoms with Crippen LogP contribution >= 0.6 is 0 Å². The van der Waals surface area contributed by atoms with Crippen molar-refractivity contribution in [1.29, 1.82) is 0 Å². The van der Waals surface area contributed by atoms with E-state index in [2.05, 4.69) is 36.0 Å². The number of halogens is 1. The maximum Gasteiger partial charge on any atom is 0.185 e. The van der Waals surface area contributed by atoms with E-state index in [1.54, 1.807) is 6.08 Å². The van der Waals surface area contributed by atoms with E-state index in [4.69, 9.17) is 0 Å². The van der Waals surface area contributed by atoms with Gasteiger partial charge in [-0.05, 0) is 18.1 Å². The maximum atomic E-state index is 12.0. The molecular formula is C20H24BrNO. The smallest absolute Gasteiger partial charge is 0.185 e. The molecule has 0 aliphatic heterocycles. The predicted molar refractivity (Wildman–Crippen MR) is 90.6 cm³/mol. The van der Waals surface area contributed by atoms with Gasteiger partial charge >= 0.3 is 0 Å². The van der Waals surface area contributed by atoms with Crippen molar-refractivity contribution in [2.75, 3.05) is 0 Å². The lowest BCUT2D eigenvalue weighted by atomic mass is 10.1. The summed E-state index contributed by atoms with van der Waals surface area (Å²) in [5.74, 6) is 0.0388. The largest absolute Gasteiger partial charge is 1.00 e. The molecule has 0 saturated heterocycles. The van der Waals surface area contributed by atoms with Crippen molar-refractivity contribution in [3.8, 4) is 0 Å². The molecule has 1 aromatic heterocycles. The van der Waals surface area contributed by atoms with Crippen LogP contribution in [0, 0.1) is 0 Å². The summed E-state index contributed by atoms with van der Waals surface area (Å²) < 4.78 is 2.20. The van der Waals surface area contributed by atoms with Crippen LogP contribution in [0.2, 0.25) is 0 Å². The second kappa shape index (κ2) is 10.9. The van der Waals surface area contributed by atoms with Crippen LogP contribution in [0.3, 0.4) is 0 Å². The van der Waals surface area contributed by atoms with Gasteiger partial charge < -0.3 is 17.0 Å². The summed E-state index contributed by atoms with van der Waals surface area (Å²) >= 11 is 0. The fraction of sp³-hybridized carbons (Fsp3) is 0.300. The van der Waals surface area contributed by atoms with Crippen molar-refractivity contribution in [2.24, 2.45) is 0 Å². The van der Waals surface area contributed by atoms with Crippen LogP contribution in [0.15, 0.2) is 60.9 Å². The van der Waals surface area contributed by atoms with Crippen LogP contribution in [0.5, 0.6) is 0 Å². The minimum atomic E-state index is 0. The Morgan fingerprint density at radius 1 is 1.00 bits per heavy atom. The Morgan fingerprint density at radius 3 is 2.35 bits per heavy atom. The minimum absolute atomic E-state index is 0. The van der Waals surface area contributed by atoms with Crippen molar-refractivity contribution in [3.63, 3.8) is 0 Å². The van der Waals surface area contributed by atoms with Crippen molar-refractivity contribution in [3.05, 3.63) is 72.1 Å². The third-order valence-corrected chi connectivity index (χ3v) is 3.67. The van der Waals surface area contributed by atoms with Gasteiger partial charge in [0.05, 0.1) is 0 Å². The Balaban J connectivity index is 0.00000264. The van der Waals surface area contributed by atoms with Gasteiger partial charge in [0.2, 0.25) is 0 Å². The van der Waals surface area contributed by atoms with Gasteiger partial charge in [0.25, 0.3) is 0 Å².